The van der Waals surface area contributed by atoms with Crippen molar-refractivity contribution in [2.24, 2.45) is 0 Å². The van der Waals surface area contributed by atoms with Gasteiger partial charge < -0.3 is 19.7 Å². The zero-order chi connectivity index (χ0) is 22.7. The van der Waals surface area contributed by atoms with Gasteiger partial charge in [-0.05, 0) is 36.2 Å². The van der Waals surface area contributed by atoms with Gasteiger partial charge in [-0.15, -0.1) is 11.3 Å². The van der Waals surface area contributed by atoms with E-state index in [0.717, 1.165) is 10.4 Å². The van der Waals surface area contributed by atoms with Crippen molar-refractivity contribution in [1.29, 1.82) is 0 Å². The summed E-state index contributed by atoms with van der Waals surface area (Å²) in [6, 6.07) is 16.1. The van der Waals surface area contributed by atoms with Gasteiger partial charge in [0.1, 0.15) is 16.5 Å². The van der Waals surface area contributed by atoms with Crippen LogP contribution < -0.4 is 10.1 Å². The van der Waals surface area contributed by atoms with Crippen LogP contribution in [0.2, 0.25) is 0 Å². The molecule has 4 rings (SSSR count). The summed E-state index contributed by atoms with van der Waals surface area (Å²) in [4.78, 5) is 40.1. The number of fused-ring (bicyclic) bond motifs is 1. The second-order valence-corrected chi connectivity index (χ2v) is 8.36. The van der Waals surface area contributed by atoms with Gasteiger partial charge in [0, 0.05) is 18.3 Å². The summed E-state index contributed by atoms with van der Waals surface area (Å²) in [5.41, 5.74) is 1.51. The number of nitrogens with one attached hydrogen (secondary N) is 1. The van der Waals surface area contributed by atoms with Crippen molar-refractivity contribution < 1.29 is 23.9 Å². The van der Waals surface area contributed by atoms with Crippen LogP contribution in [0.3, 0.4) is 0 Å². The van der Waals surface area contributed by atoms with Crippen LogP contribution in [-0.2, 0) is 22.5 Å². The third-order valence-electron chi connectivity index (χ3n) is 5.22. The first kappa shape index (κ1) is 21.6. The summed E-state index contributed by atoms with van der Waals surface area (Å²) in [5.74, 6) is 0.0756. The maximum atomic E-state index is 13.2. The Kier molecular flexibility index (Phi) is 6.23. The van der Waals surface area contributed by atoms with Crippen molar-refractivity contribution in [1.82, 2.24) is 4.90 Å². The number of rotatable bonds is 5. The van der Waals surface area contributed by atoms with Crippen LogP contribution >= 0.6 is 11.3 Å². The van der Waals surface area contributed by atoms with E-state index >= 15 is 0 Å². The van der Waals surface area contributed by atoms with Gasteiger partial charge in [-0.1, -0.05) is 30.3 Å². The molecule has 164 valence electrons. The topological polar surface area (TPSA) is 84.9 Å². The first-order valence-corrected chi connectivity index (χ1v) is 10.9. The van der Waals surface area contributed by atoms with Gasteiger partial charge >= 0.3 is 5.97 Å². The van der Waals surface area contributed by atoms with Crippen molar-refractivity contribution in [3.8, 4) is 11.5 Å². The first-order valence-electron chi connectivity index (χ1n) is 10.1. The molecule has 1 aromatic heterocycles. The monoisotopic (exact) mass is 450 g/mol. The molecule has 0 fully saturated rings. The lowest BCUT2D eigenvalue weighted by molar-refractivity contribution is -0.129. The molecule has 0 aliphatic carbocycles. The predicted octanol–water partition coefficient (Wildman–Crippen LogP) is 4.48. The quantitative estimate of drug-likeness (QED) is 0.579. The lowest BCUT2D eigenvalue weighted by Crippen LogP contribution is -2.33. The van der Waals surface area contributed by atoms with E-state index in [1.165, 1.54) is 25.4 Å². The maximum Gasteiger partial charge on any atom is 0.341 e. The molecule has 8 heteroatoms. The number of hydrogen-bond donors (Lipinski definition) is 1. The molecule has 1 aliphatic rings. The minimum absolute atomic E-state index is 0.0266. The number of methoxy groups -OCH3 is 1. The molecule has 2 amide bonds. The zero-order valence-corrected chi connectivity index (χ0v) is 18.5. The van der Waals surface area contributed by atoms with Crippen molar-refractivity contribution >= 4 is 34.1 Å². The molecule has 2 heterocycles. The Morgan fingerprint density at radius 3 is 2.47 bits per heavy atom. The summed E-state index contributed by atoms with van der Waals surface area (Å²) in [7, 11) is 1.31. The largest absolute Gasteiger partial charge is 0.465 e. The highest BCUT2D eigenvalue weighted by Gasteiger charge is 2.30. The van der Waals surface area contributed by atoms with Crippen LogP contribution in [-0.4, -0.2) is 36.3 Å². The Bertz CT molecular complexity index is 1170. The number of para-hydroxylation sites is 2. The van der Waals surface area contributed by atoms with Gasteiger partial charge in [0.15, 0.2) is 0 Å². The third-order valence-corrected chi connectivity index (χ3v) is 6.35. The molecule has 7 nitrogen and oxygen atoms in total. The van der Waals surface area contributed by atoms with E-state index in [1.54, 1.807) is 41.3 Å². The van der Waals surface area contributed by atoms with Crippen LogP contribution in [0.4, 0.5) is 5.00 Å². The van der Waals surface area contributed by atoms with E-state index in [-0.39, 0.29) is 5.91 Å². The van der Waals surface area contributed by atoms with Gasteiger partial charge in [0.25, 0.3) is 5.91 Å². The highest BCUT2D eigenvalue weighted by Crippen LogP contribution is 2.38. The van der Waals surface area contributed by atoms with E-state index in [0.29, 0.717) is 47.1 Å². The minimum Gasteiger partial charge on any atom is -0.465 e. The van der Waals surface area contributed by atoms with Crippen molar-refractivity contribution in [3.05, 3.63) is 76.2 Å². The molecule has 0 bridgehead atoms. The Morgan fingerprint density at radius 2 is 1.75 bits per heavy atom. The van der Waals surface area contributed by atoms with Gasteiger partial charge in [-0.3, -0.25) is 9.59 Å². The molecular weight excluding hydrogens is 428 g/mol. The van der Waals surface area contributed by atoms with Crippen LogP contribution in [0.15, 0.2) is 54.6 Å². The van der Waals surface area contributed by atoms with Gasteiger partial charge in [0.05, 0.1) is 24.8 Å². The molecule has 0 radical (unpaired) electrons. The number of carbonyl (C=O) groups excluding carboxylic acids is 3. The second-order valence-electron chi connectivity index (χ2n) is 7.26. The molecular formula is C24H22N2O5S. The summed E-state index contributed by atoms with van der Waals surface area (Å²) >= 11 is 1.29. The molecule has 2 aromatic carbocycles. The van der Waals surface area contributed by atoms with Gasteiger partial charge in [-0.2, -0.15) is 0 Å². The van der Waals surface area contributed by atoms with Crippen molar-refractivity contribution in [2.45, 2.75) is 19.9 Å². The molecule has 0 spiro atoms. The number of anilines is 1. The minimum atomic E-state index is -0.511. The summed E-state index contributed by atoms with van der Waals surface area (Å²) in [6.07, 6.45) is 0.527. The fourth-order valence-electron chi connectivity index (χ4n) is 3.61. The highest BCUT2D eigenvalue weighted by atomic mass is 32.1. The van der Waals surface area contributed by atoms with E-state index < -0.39 is 11.9 Å². The smallest absolute Gasteiger partial charge is 0.341 e. The molecule has 3 aromatic rings. The highest BCUT2D eigenvalue weighted by molar-refractivity contribution is 7.17. The van der Waals surface area contributed by atoms with E-state index in [2.05, 4.69) is 5.32 Å². The third kappa shape index (κ3) is 4.36. The van der Waals surface area contributed by atoms with Crippen molar-refractivity contribution in [3.63, 3.8) is 0 Å². The maximum absolute atomic E-state index is 13.2. The molecule has 0 atom stereocenters. The number of thiophene rings is 1. The number of esters is 1. The van der Waals surface area contributed by atoms with E-state index in [4.69, 9.17) is 9.47 Å². The lowest BCUT2D eigenvalue weighted by atomic mass is 10.0. The number of carbonyl (C=O) groups is 3. The Morgan fingerprint density at radius 1 is 1.03 bits per heavy atom. The van der Waals surface area contributed by atoms with E-state index in [1.807, 2.05) is 18.2 Å². The Labute approximate surface area is 189 Å². The number of ether oxygens (including phenoxy) is 2. The summed E-state index contributed by atoms with van der Waals surface area (Å²) in [5, 5.41) is 3.27. The zero-order valence-electron chi connectivity index (χ0n) is 17.7. The molecule has 1 aliphatic heterocycles. The number of hydrogen-bond acceptors (Lipinski definition) is 6. The van der Waals surface area contributed by atoms with Crippen LogP contribution in [0.25, 0.3) is 0 Å². The van der Waals surface area contributed by atoms with Crippen LogP contribution in [0.1, 0.15) is 38.1 Å². The van der Waals surface area contributed by atoms with Crippen LogP contribution in [0, 0.1) is 0 Å². The number of benzene rings is 2. The fourth-order valence-corrected chi connectivity index (χ4v) is 4.85. The standard InChI is InChI=1S/C24H22N2O5S/c1-15(27)26-13-12-18-20(14-26)32-23(21(18)24(29)30-2)25-22(28)17-10-6-7-11-19(17)31-16-8-4-3-5-9-16/h3-11H,12-14H2,1-2H3,(H,25,28). The second kappa shape index (κ2) is 9.23. The molecule has 1 N–H and O–H groups in total. The van der Waals surface area contributed by atoms with Crippen LogP contribution in [0.5, 0.6) is 11.5 Å². The van der Waals surface area contributed by atoms with Gasteiger partial charge in [0.2, 0.25) is 5.91 Å². The molecule has 0 unspecified atom stereocenters. The van der Waals surface area contributed by atoms with Crippen molar-refractivity contribution in [2.75, 3.05) is 19.0 Å². The van der Waals surface area contributed by atoms with Gasteiger partial charge in [-0.25, -0.2) is 4.79 Å². The summed E-state index contributed by atoms with van der Waals surface area (Å²) < 4.78 is 10.9. The summed E-state index contributed by atoms with van der Waals surface area (Å²) in [6.45, 7) is 2.44. The molecule has 32 heavy (non-hydrogen) atoms. The predicted molar refractivity (Wildman–Crippen MR) is 121 cm³/mol. The lowest BCUT2D eigenvalue weighted by Gasteiger charge is -2.25. The average molecular weight is 451 g/mol. The Hall–Kier alpha value is -3.65. The normalized spacial score (nSPS) is 12.6. The van der Waals surface area contributed by atoms with E-state index in [9.17, 15) is 14.4 Å². The SMILES string of the molecule is COC(=O)c1c(NC(=O)c2ccccc2Oc2ccccc2)sc2c1CCN(C(C)=O)C2. The molecule has 0 saturated heterocycles. The number of nitrogens with zero attached hydrogens (tertiary/aromatic N) is 1. The average Bonchev–Trinajstić information content (AvgIpc) is 3.16. The number of amides is 2. The fraction of sp³-hybridized carbons (Fsp3) is 0.208. The Balaban J connectivity index is 1.64. The first-order chi connectivity index (χ1) is 15.5. The molecule has 0 saturated carbocycles.